The van der Waals surface area contributed by atoms with E-state index in [9.17, 15) is 4.79 Å². The molecule has 0 aromatic rings. The lowest BCUT2D eigenvalue weighted by molar-refractivity contribution is -0.128. The molecule has 2 nitrogen and oxygen atoms in total. The minimum atomic E-state index is 0.482. The fourth-order valence-electron chi connectivity index (χ4n) is 1.41. The first kappa shape index (κ1) is 12.5. The molecule has 0 bridgehead atoms. The van der Waals surface area contributed by atoms with Gasteiger partial charge in [0.2, 0.25) is 0 Å². The fourth-order valence-corrected chi connectivity index (χ4v) is 1.41. The van der Waals surface area contributed by atoms with E-state index < -0.39 is 0 Å². The normalized spacial score (nSPS) is 16.2. The van der Waals surface area contributed by atoms with Crippen molar-refractivity contribution in [3.05, 3.63) is 0 Å². The molecule has 0 heterocycles. The number of unbranched alkanes of at least 4 members (excludes halogenated alkanes) is 1. The summed E-state index contributed by atoms with van der Waals surface area (Å²) in [7, 11) is 0. The van der Waals surface area contributed by atoms with Crippen LogP contribution in [0.25, 0.3) is 0 Å². The number of carbonyl (C=O) groups is 1. The lowest BCUT2D eigenvalue weighted by atomic mass is 10.2. The van der Waals surface area contributed by atoms with Crippen molar-refractivity contribution in [1.82, 2.24) is 0 Å². The third kappa shape index (κ3) is 9.38. The van der Waals surface area contributed by atoms with Crippen molar-refractivity contribution >= 4 is 6.47 Å². The molecular weight excluding hydrogens is 164 g/mol. The first-order valence-electron chi connectivity index (χ1n) is 5.36. The van der Waals surface area contributed by atoms with Crippen molar-refractivity contribution in [3.63, 3.8) is 0 Å². The topological polar surface area (TPSA) is 26.3 Å². The Kier molecular flexibility index (Phi) is 9.17. The zero-order valence-electron chi connectivity index (χ0n) is 8.92. The van der Waals surface area contributed by atoms with Gasteiger partial charge >= 0.3 is 0 Å². The van der Waals surface area contributed by atoms with E-state index in [0.717, 1.165) is 18.8 Å². The van der Waals surface area contributed by atoms with E-state index in [1.54, 1.807) is 0 Å². The van der Waals surface area contributed by atoms with Crippen LogP contribution in [-0.4, -0.2) is 13.1 Å². The molecule has 78 valence electrons. The fraction of sp³-hybridized carbons (Fsp3) is 0.909. The van der Waals surface area contributed by atoms with Crippen LogP contribution < -0.4 is 0 Å². The summed E-state index contributed by atoms with van der Waals surface area (Å²) >= 11 is 0. The van der Waals surface area contributed by atoms with Gasteiger partial charge in [0.05, 0.1) is 6.61 Å². The van der Waals surface area contributed by atoms with Gasteiger partial charge in [0.15, 0.2) is 0 Å². The van der Waals surface area contributed by atoms with E-state index in [1.807, 2.05) is 6.92 Å². The summed E-state index contributed by atoms with van der Waals surface area (Å²) in [6.07, 6.45) is 7.99. The van der Waals surface area contributed by atoms with Gasteiger partial charge < -0.3 is 4.74 Å². The number of hydrogen-bond donors (Lipinski definition) is 0. The van der Waals surface area contributed by atoms with Crippen LogP contribution in [0.3, 0.4) is 0 Å². The molecule has 0 amide bonds. The summed E-state index contributed by atoms with van der Waals surface area (Å²) in [6, 6.07) is 0. The zero-order chi connectivity index (χ0) is 9.94. The summed E-state index contributed by atoms with van der Waals surface area (Å²) in [5, 5.41) is 0. The minimum absolute atomic E-state index is 0.482. The molecule has 13 heavy (non-hydrogen) atoms. The predicted octanol–water partition coefficient (Wildman–Crippen LogP) is 3.16. The summed E-state index contributed by atoms with van der Waals surface area (Å²) < 4.78 is 4.39. The maximum atomic E-state index is 9.46. The maximum absolute atomic E-state index is 9.46. The maximum Gasteiger partial charge on any atom is 0.293 e. The van der Waals surface area contributed by atoms with Crippen molar-refractivity contribution in [1.29, 1.82) is 0 Å². The second-order valence-electron chi connectivity index (χ2n) is 3.71. The molecule has 0 aliphatic heterocycles. The third-order valence-electron chi connectivity index (χ3n) is 2.33. The minimum Gasteiger partial charge on any atom is -0.468 e. The van der Waals surface area contributed by atoms with Crippen molar-refractivity contribution in [2.24, 2.45) is 5.92 Å². The Morgan fingerprint density at radius 3 is 2.31 bits per heavy atom. The molecule has 0 saturated heterocycles. The van der Waals surface area contributed by atoms with E-state index in [2.05, 4.69) is 11.7 Å². The summed E-state index contributed by atoms with van der Waals surface area (Å²) in [6.45, 7) is 5.44. The van der Waals surface area contributed by atoms with Crippen LogP contribution in [-0.2, 0) is 9.53 Å². The van der Waals surface area contributed by atoms with Gasteiger partial charge in [0.25, 0.3) is 6.47 Å². The van der Waals surface area contributed by atoms with Crippen LogP contribution in [0.15, 0.2) is 0 Å². The van der Waals surface area contributed by atoms with Crippen molar-refractivity contribution in [2.45, 2.75) is 52.4 Å². The molecular formula is C11H22O2. The second-order valence-corrected chi connectivity index (χ2v) is 3.71. The molecule has 0 aromatic heterocycles. The molecule has 0 aromatic carbocycles. The largest absolute Gasteiger partial charge is 0.468 e. The third-order valence-corrected chi connectivity index (χ3v) is 2.33. The Balaban J connectivity index is 0.000000223. The molecule has 1 rings (SSSR count). The van der Waals surface area contributed by atoms with Gasteiger partial charge in [-0.1, -0.05) is 46.0 Å². The van der Waals surface area contributed by atoms with Gasteiger partial charge in [-0.2, -0.15) is 0 Å². The Morgan fingerprint density at radius 1 is 1.38 bits per heavy atom. The summed E-state index contributed by atoms with van der Waals surface area (Å²) in [5.41, 5.74) is 0. The zero-order valence-corrected chi connectivity index (χ0v) is 8.92. The molecule has 0 unspecified atom stereocenters. The van der Waals surface area contributed by atoms with E-state index >= 15 is 0 Å². The standard InChI is InChI=1S/C6H12.C5H10O2/c1-6-4-2-3-5-6;1-2-3-4-7-5-6/h6H,2-5H2,1H3;5H,2-4H2,1H3. The van der Waals surface area contributed by atoms with Gasteiger partial charge in [0.1, 0.15) is 0 Å². The van der Waals surface area contributed by atoms with E-state index in [0.29, 0.717) is 13.1 Å². The Hall–Kier alpha value is -0.530. The molecule has 1 aliphatic rings. The quantitative estimate of drug-likeness (QED) is 0.498. The van der Waals surface area contributed by atoms with E-state index in [1.165, 1.54) is 25.7 Å². The highest BCUT2D eigenvalue weighted by Crippen LogP contribution is 2.22. The Bertz CT molecular complexity index is 107. The van der Waals surface area contributed by atoms with Crippen molar-refractivity contribution in [3.8, 4) is 0 Å². The smallest absolute Gasteiger partial charge is 0.293 e. The number of ether oxygens (including phenoxy) is 1. The van der Waals surface area contributed by atoms with Crippen LogP contribution in [0.1, 0.15) is 52.4 Å². The Morgan fingerprint density at radius 2 is 2.00 bits per heavy atom. The monoisotopic (exact) mass is 186 g/mol. The Labute approximate surface area is 81.7 Å². The highest BCUT2D eigenvalue weighted by atomic mass is 16.5. The first-order chi connectivity index (χ1) is 6.31. The van der Waals surface area contributed by atoms with Gasteiger partial charge in [-0.15, -0.1) is 0 Å². The molecule has 1 aliphatic carbocycles. The van der Waals surface area contributed by atoms with Crippen LogP contribution in [0.4, 0.5) is 0 Å². The van der Waals surface area contributed by atoms with E-state index in [4.69, 9.17) is 0 Å². The first-order valence-corrected chi connectivity index (χ1v) is 5.36. The molecule has 0 atom stereocenters. The predicted molar refractivity (Wildman–Crippen MR) is 54.6 cm³/mol. The number of carbonyl (C=O) groups excluding carboxylic acids is 1. The molecule has 0 radical (unpaired) electrons. The molecule has 0 N–H and O–H groups in total. The molecule has 1 fully saturated rings. The second kappa shape index (κ2) is 9.56. The van der Waals surface area contributed by atoms with Gasteiger partial charge in [0, 0.05) is 0 Å². The van der Waals surface area contributed by atoms with Crippen LogP contribution in [0, 0.1) is 5.92 Å². The van der Waals surface area contributed by atoms with E-state index in [-0.39, 0.29) is 0 Å². The number of hydrogen-bond acceptors (Lipinski definition) is 2. The molecule has 1 saturated carbocycles. The summed E-state index contributed by atoms with van der Waals surface area (Å²) in [4.78, 5) is 9.46. The van der Waals surface area contributed by atoms with Gasteiger partial charge in [-0.05, 0) is 12.3 Å². The molecule has 2 heteroatoms. The lowest BCUT2D eigenvalue weighted by Crippen LogP contribution is -1.88. The van der Waals surface area contributed by atoms with Crippen molar-refractivity contribution < 1.29 is 9.53 Å². The van der Waals surface area contributed by atoms with Crippen molar-refractivity contribution in [2.75, 3.05) is 6.61 Å². The van der Waals surface area contributed by atoms with Gasteiger partial charge in [-0.25, -0.2) is 0 Å². The molecule has 0 spiro atoms. The van der Waals surface area contributed by atoms with Gasteiger partial charge in [-0.3, -0.25) is 4.79 Å². The van der Waals surface area contributed by atoms with Crippen LogP contribution in [0.2, 0.25) is 0 Å². The highest BCUT2D eigenvalue weighted by molar-refractivity contribution is 5.36. The SMILES string of the molecule is CC1CCCC1.CCCCOC=O. The highest BCUT2D eigenvalue weighted by Gasteiger charge is 2.07. The van der Waals surface area contributed by atoms with Crippen LogP contribution >= 0.6 is 0 Å². The van der Waals surface area contributed by atoms with Crippen LogP contribution in [0.5, 0.6) is 0 Å². The number of rotatable bonds is 4. The summed E-state index contributed by atoms with van der Waals surface area (Å²) in [5.74, 6) is 1.05. The lowest BCUT2D eigenvalue weighted by Gasteiger charge is -1.91. The average molecular weight is 186 g/mol. The average Bonchev–Trinajstić information content (AvgIpc) is 2.58.